The molecule has 1 aromatic heterocycles. The second kappa shape index (κ2) is 20.8. The Kier molecular flexibility index (Phi) is 16.8. The highest BCUT2D eigenvalue weighted by Crippen LogP contribution is 2.41. The molecule has 17 nitrogen and oxygen atoms in total. The molecule has 0 saturated carbocycles. The van der Waals surface area contributed by atoms with Gasteiger partial charge in [0.25, 0.3) is 5.91 Å². The van der Waals surface area contributed by atoms with E-state index in [9.17, 15) is 39.9 Å². The van der Waals surface area contributed by atoms with Crippen LogP contribution in [0.1, 0.15) is 98.4 Å². The summed E-state index contributed by atoms with van der Waals surface area (Å²) in [5.74, 6) is -6.07. The standard InChI is InChI=1S/C47H73N3O14/c1-24-22-45(7,57)41(64-44-37(52)33(50(10)11)21-25(2)60-44)27(4)38(63-35-23-46(8,59-12)40(54)29(6)61-35)28(5)43(56)62-34(47(9,58)39(53)26(3)36(24)51)18-20-49-42(55)31-17-19-48-32-16-14-13-15-30(31)32/h13-17,19,24-29,33-35,37-41,44,52-54,57-58H,18,20-23H2,1-12H3,(H,49,55)/t24-,25-,26+,27+,28-,29+,33+,34-,35+,37-,38+,39-,40+,41-,44+,45-,46-,47-/m1/s1. The van der Waals surface area contributed by atoms with E-state index in [-0.39, 0.29) is 38.0 Å². The lowest BCUT2D eigenvalue weighted by Gasteiger charge is -2.49. The minimum Gasteiger partial charge on any atom is -0.459 e. The van der Waals surface area contributed by atoms with Crippen LogP contribution in [-0.4, -0.2) is 165 Å². The van der Waals surface area contributed by atoms with Crippen molar-refractivity contribution in [2.75, 3.05) is 27.7 Å². The molecular weight excluding hydrogens is 831 g/mol. The van der Waals surface area contributed by atoms with Crippen molar-refractivity contribution in [3.8, 4) is 0 Å². The number of ether oxygens (including phenoxy) is 6. The van der Waals surface area contributed by atoms with Crippen molar-refractivity contribution in [1.82, 2.24) is 15.2 Å². The lowest BCUT2D eigenvalue weighted by atomic mass is 9.74. The van der Waals surface area contributed by atoms with Gasteiger partial charge in [-0.2, -0.15) is 0 Å². The number of amides is 1. The average molecular weight is 904 g/mol. The molecule has 0 bridgehead atoms. The number of cyclic esters (lactones) is 1. The third kappa shape index (κ3) is 11.1. The number of Topliss-reactive ketones (excluding diaryl/α,β-unsaturated/α-hetero) is 1. The fourth-order valence-corrected chi connectivity index (χ4v) is 9.97. The number of nitrogens with one attached hydrogen (secondary N) is 1. The highest BCUT2D eigenvalue weighted by Gasteiger charge is 2.53. The van der Waals surface area contributed by atoms with Crippen molar-refractivity contribution < 1.29 is 68.3 Å². The van der Waals surface area contributed by atoms with Crippen LogP contribution in [0.2, 0.25) is 0 Å². The van der Waals surface area contributed by atoms with Crippen LogP contribution in [0.4, 0.5) is 0 Å². The van der Waals surface area contributed by atoms with Crippen LogP contribution in [0.25, 0.3) is 10.9 Å². The zero-order valence-electron chi connectivity index (χ0n) is 39.5. The topological polar surface area (TPSA) is 236 Å². The number of carbonyl (C=O) groups excluding carboxylic acids is 3. The highest BCUT2D eigenvalue weighted by molar-refractivity contribution is 6.05. The molecule has 4 heterocycles. The molecule has 0 spiro atoms. The Morgan fingerprint density at radius 1 is 0.922 bits per heavy atom. The van der Waals surface area contributed by atoms with Gasteiger partial charge < -0.3 is 64.2 Å². The minimum absolute atomic E-state index is 0.0355. The van der Waals surface area contributed by atoms with Crippen molar-refractivity contribution >= 4 is 28.6 Å². The summed E-state index contributed by atoms with van der Waals surface area (Å²) < 4.78 is 37.7. The Morgan fingerprint density at radius 2 is 1.59 bits per heavy atom. The van der Waals surface area contributed by atoms with Gasteiger partial charge in [-0.05, 0) is 80.6 Å². The first kappa shape index (κ1) is 51.8. The number of methoxy groups -OCH3 is 1. The van der Waals surface area contributed by atoms with Crippen molar-refractivity contribution in [3.63, 3.8) is 0 Å². The van der Waals surface area contributed by atoms with Gasteiger partial charge >= 0.3 is 5.97 Å². The SMILES string of the molecule is CO[C@]1(C)C[C@H](O[C@H]2[C@H](C)[C@@H](O[C@@H]3O[C@H](C)C[C@H](N(C)C)[C@H]3O)[C@](C)(O)C[C@@H](C)C(=O)[C@H](C)[C@@H](O)[C@](C)(O)[C@@H](CCNC(=O)c3ccnc4ccccc34)OC(=O)[C@@H]2C)O[C@@H](C)[C@@H]1O. The maximum atomic E-state index is 14.7. The Labute approximate surface area is 377 Å². The van der Waals surface area contributed by atoms with Crippen molar-refractivity contribution in [3.05, 3.63) is 42.1 Å². The van der Waals surface area contributed by atoms with Crippen LogP contribution in [0.3, 0.4) is 0 Å². The molecule has 0 unspecified atom stereocenters. The third-order valence-electron chi connectivity index (χ3n) is 14.0. The van der Waals surface area contributed by atoms with Gasteiger partial charge in [0, 0.05) is 61.9 Å². The summed E-state index contributed by atoms with van der Waals surface area (Å²) in [5.41, 5.74) is -4.24. The predicted octanol–water partition coefficient (Wildman–Crippen LogP) is 2.74. The number of rotatable bonds is 10. The Bertz CT molecular complexity index is 1910. The van der Waals surface area contributed by atoms with E-state index in [4.69, 9.17) is 28.4 Å². The van der Waals surface area contributed by atoms with E-state index in [2.05, 4.69) is 10.3 Å². The predicted molar refractivity (Wildman–Crippen MR) is 235 cm³/mol. The zero-order valence-corrected chi connectivity index (χ0v) is 39.5. The van der Waals surface area contributed by atoms with Gasteiger partial charge in [-0.3, -0.25) is 19.4 Å². The molecule has 6 N–H and O–H groups in total. The fourth-order valence-electron chi connectivity index (χ4n) is 9.97. The number of likely N-dealkylation sites (N-methyl/N-ethyl adjacent to an activating group) is 1. The summed E-state index contributed by atoms with van der Waals surface area (Å²) in [5, 5.41) is 62.7. The number of hydrogen-bond acceptors (Lipinski definition) is 16. The molecule has 5 rings (SSSR count). The van der Waals surface area contributed by atoms with E-state index in [1.807, 2.05) is 32.0 Å². The average Bonchev–Trinajstić information content (AvgIpc) is 3.24. The Balaban J connectivity index is 1.55. The van der Waals surface area contributed by atoms with E-state index >= 15 is 0 Å². The zero-order chi connectivity index (χ0) is 47.6. The number of carbonyl (C=O) groups is 3. The molecule has 1 aromatic carbocycles. The number of aromatic nitrogens is 1. The monoisotopic (exact) mass is 904 g/mol. The summed E-state index contributed by atoms with van der Waals surface area (Å²) in [6.45, 7) is 14.2. The number of aliphatic hydroxyl groups is 5. The van der Waals surface area contributed by atoms with E-state index in [0.717, 1.165) is 0 Å². The van der Waals surface area contributed by atoms with E-state index in [1.54, 1.807) is 58.9 Å². The number of hydrogen-bond donors (Lipinski definition) is 6. The second-order valence-corrected chi connectivity index (χ2v) is 19.5. The molecule has 3 aliphatic heterocycles. The summed E-state index contributed by atoms with van der Waals surface area (Å²) >= 11 is 0. The molecule has 0 aliphatic carbocycles. The quantitative estimate of drug-likeness (QED) is 0.188. The lowest BCUT2D eigenvalue weighted by molar-refractivity contribution is -0.318. The molecule has 17 heteroatoms. The molecule has 360 valence electrons. The number of benzene rings is 1. The number of nitrogens with zero attached hydrogens (tertiary/aromatic N) is 2. The number of ketones is 1. The first-order valence-electron chi connectivity index (χ1n) is 22.5. The molecule has 3 saturated heterocycles. The number of fused-ring (bicyclic) bond motifs is 1. The second-order valence-electron chi connectivity index (χ2n) is 19.5. The highest BCUT2D eigenvalue weighted by atomic mass is 16.7. The van der Waals surface area contributed by atoms with Gasteiger partial charge in [0.1, 0.15) is 29.7 Å². The largest absolute Gasteiger partial charge is 0.459 e. The van der Waals surface area contributed by atoms with Crippen molar-refractivity contribution in [1.29, 1.82) is 0 Å². The molecule has 0 radical (unpaired) electrons. The fraction of sp³-hybridized carbons (Fsp3) is 0.745. The smallest absolute Gasteiger partial charge is 0.311 e. The van der Waals surface area contributed by atoms with E-state index in [0.29, 0.717) is 22.9 Å². The molecule has 18 atom stereocenters. The summed E-state index contributed by atoms with van der Waals surface area (Å²) in [6.07, 6.45) is -9.66. The molecule has 64 heavy (non-hydrogen) atoms. The van der Waals surface area contributed by atoms with Gasteiger partial charge in [-0.15, -0.1) is 0 Å². The van der Waals surface area contributed by atoms with Crippen LogP contribution >= 0.6 is 0 Å². The summed E-state index contributed by atoms with van der Waals surface area (Å²) in [6, 6.07) is 8.37. The number of para-hydroxylation sites is 1. The van der Waals surface area contributed by atoms with Crippen LogP contribution in [0.5, 0.6) is 0 Å². The van der Waals surface area contributed by atoms with Gasteiger partial charge in [0.05, 0.1) is 58.7 Å². The first-order valence-corrected chi connectivity index (χ1v) is 22.5. The van der Waals surface area contributed by atoms with Crippen LogP contribution in [-0.2, 0) is 38.0 Å². The number of esters is 1. The van der Waals surface area contributed by atoms with E-state index < -0.39 is 113 Å². The maximum Gasteiger partial charge on any atom is 0.311 e. The summed E-state index contributed by atoms with van der Waals surface area (Å²) in [7, 11) is 5.13. The maximum absolute atomic E-state index is 14.7. The molecule has 2 aromatic rings. The van der Waals surface area contributed by atoms with Gasteiger partial charge in [-0.25, -0.2) is 0 Å². The normalized spacial score (nSPS) is 41.9. The molecule has 3 fully saturated rings. The summed E-state index contributed by atoms with van der Waals surface area (Å²) in [4.78, 5) is 48.6. The lowest BCUT2D eigenvalue weighted by Crippen LogP contribution is -2.61. The number of aliphatic hydroxyl groups excluding tert-OH is 3. The minimum atomic E-state index is -2.23. The third-order valence-corrected chi connectivity index (χ3v) is 14.0. The molecule has 3 aliphatic rings. The van der Waals surface area contributed by atoms with Crippen molar-refractivity contribution in [2.24, 2.45) is 23.7 Å². The molecular formula is C47H73N3O14. The van der Waals surface area contributed by atoms with Crippen LogP contribution in [0.15, 0.2) is 36.5 Å². The van der Waals surface area contributed by atoms with Crippen molar-refractivity contribution in [2.45, 2.75) is 172 Å². The van der Waals surface area contributed by atoms with Gasteiger partial charge in [0.15, 0.2) is 12.6 Å². The molecule has 1 amide bonds. The Morgan fingerprint density at radius 3 is 2.25 bits per heavy atom. The van der Waals surface area contributed by atoms with Crippen LogP contribution < -0.4 is 5.32 Å². The van der Waals surface area contributed by atoms with Gasteiger partial charge in [-0.1, -0.05) is 39.0 Å². The Hall–Kier alpha value is -3.20. The van der Waals surface area contributed by atoms with Crippen LogP contribution in [0, 0.1) is 23.7 Å². The van der Waals surface area contributed by atoms with E-state index in [1.165, 1.54) is 34.1 Å². The number of pyridine rings is 1. The van der Waals surface area contributed by atoms with Gasteiger partial charge in [0.2, 0.25) is 0 Å². The first-order chi connectivity index (χ1) is 29.8.